The molecule has 2 atom stereocenters. The lowest BCUT2D eigenvalue weighted by molar-refractivity contribution is 0.0192. The van der Waals surface area contributed by atoms with Crippen LogP contribution in [-0.2, 0) is 11.2 Å². The molecule has 1 aliphatic rings. The lowest BCUT2D eigenvalue weighted by Crippen LogP contribution is -2.44. The molecule has 0 saturated heterocycles. The molecule has 112 valence electrons. The van der Waals surface area contributed by atoms with E-state index in [9.17, 15) is 4.39 Å². The van der Waals surface area contributed by atoms with Gasteiger partial charge in [0.25, 0.3) is 0 Å². The summed E-state index contributed by atoms with van der Waals surface area (Å²) in [7, 11) is 0. The van der Waals surface area contributed by atoms with Gasteiger partial charge in [0, 0.05) is 12.6 Å². The van der Waals surface area contributed by atoms with Crippen molar-refractivity contribution < 1.29 is 9.13 Å². The molecule has 1 saturated carbocycles. The smallest absolute Gasteiger partial charge is 0.123 e. The van der Waals surface area contributed by atoms with Crippen LogP contribution in [-0.4, -0.2) is 25.3 Å². The summed E-state index contributed by atoms with van der Waals surface area (Å²) in [5, 5.41) is 3.62. The van der Waals surface area contributed by atoms with Crippen LogP contribution in [0, 0.1) is 11.7 Å². The Kier molecular flexibility index (Phi) is 5.99. The van der Waals surface area contributed by atoms with Gasteiger partial charge in [-0.05, 0) is 62.8 Å². The molecule has 1 N–H and O–H groups in total. The molecular weight excluding hydrogens is 253 g/mol. The molecular formula is C17H26FNO. The second-order valence-electron chi connectivity index (χ2n) is 5.65. The highest BCUT2D eigenvalue weighted by atomic mass is 19.1. The molecule has 1 aromatic rings. The molecule has 0 spiro atoms. The maximum absolute atomic E-state index is 13.0. The van der Waals surface area contributed by atoms with Gasteiger partial charge in [-0.3, -0.25) is 0 Å². The van der Waals surface area contributed by atoms with E-state index in [2.05, 4.69) is 19.2 Å². The second kappa shape index (κ2) is 7.75. The van der Waals surface area contributed by atoms with Crippen molar-refractivity contribution in [3.8, 4) is 0 Å². The number of hydrogen-bond donors (Lipinski definition) is 1. The quantitative estimate of drug-likeness (QED) is 0.746. The average molecular weight is 279 g/mol. The molecule has 2 rings (SSSR count). The van der Waals surface area contributed by atoms with E-state index in [4.69, 9.17) is 4.74 Å². The number of nitrogens with one attached hydrogen (secondary N) is 1. The highest BCUT2D eigenvalue weighted by Crippen LogP contribution is 2.36. The van der Waals surface area contributed by atoms with Gasteiger partial charge in [0.15, 0.2) is 0 Å². The third-order valence-corrected chi connectivity index (χ3v) is 3.87. The van der Waals surface area contributed by atoms with E-state index in [0.29, 0.717) is 12.0 Å². The maximum Gasteiger partial charge on any atom is 0.123 e. The second-order valence-corrected chi connectivity index (χ2v) is 5.65. The van der Waals surface area contributed by atoms with Gasteiger partial charge >= 0.3 is 0 Å². The third kappa shape index (κ3) is 4.57. The summed E-state index contributed by atoms with van der Waals surface area (Å²) < 4.78 is 19.0. The van der Waals surface area contributed by atoms with E-state index in [1.54, 1.807) is 12.1 Å². The molecule has 20 heavy (non-hydrogen) atoms. The predicted molar refractivity (Wildman–Crippen MR) is 80.3 cm³/mol. The van der Waals surface area contributed by atoms with Crippen LogP contribution < -0.4 is 5.32 Å². The number of hydrogen-bond acceptors (Lipinski definition) is 2. The molecule has 2 nitrogen and oxygen atoms in total. The van der Waals surface area contributed by atoms with Crippen LogP contribution in [0.25, 0.3) is 0 Å². The third-order valence-electron chi connectivity index (χ3n) is 3.87. The first-order valence-electron chi connectivity index (χ1n) is 7.84. The minimum Gasteiger partial charge on any atom is -0.377 e. The Labute approximate surface area is 121 Å². The maximum atomic E-state index is 13.0. The SMILES string of the molecule is CCCNC(Cc1ccc(F)cc1)C(OCC)C1CC1. The summed E-state index contributed by atoms with van der Waals surface area (Å²) >= 11 is 0. The van der Waals surface area contributed by atoms with Crippen molar-refractivity contribution in [3.63, 3.8) is 0 Å². The molecule has 3 heteroatoms. The van der Waals surface area contributed by atoms with Crippen LogP contribution in [0.2, 0.25) is 0 Å². The van der Waals surface area contributed by atoms with E-state index in [0.717, 1.165) is 26.0 Å². The largest absolute Gasteiger partial charge is 0.377 e. The van der Waals surface area contributed by atoms with Crippen molar-refractivity contribution in [1.82, 2.24) is 5.32 Å². The zero-order valence-corrected chi connectivity index (χ0v) is 12.6. The molecule has 0 heterocycles. The molecule has 0 aliphatic heterocycles. The van der Waals surface area contributed by atoms with Crippen LogP contribution in [0.5, 0.6) is 0 Å². The van der Waals surface area contributed by atoms with Crippen molar-refractivity contribution in [2.24, 2.45) is 5.92 Å². The summed E-state index contributed by atoms with van der Waals surface area (Å²) in [5.74, 6) is 0.528. The van der Waals surface area contributed by atoms with E-state index in [-0.39, 0.29) is 11.9 Å². The number of rotatable bonds is 9. The number of halogens is 1. The van der Waals surface area contributed by atoms with E-state index in [1.807, 2.05) is 12.1 Å². The van der Waals surface area contributed by atoms with E-state index < -0.39 is 0 Å². The van der Waals surface area contributed by atoms with Crippen molar-refractivity contribution >= 4 is 0 Å². The first-order chi connectivity index (χ1) is 9.74. The first kappa shape index (κ1) is 15.5. The van der Waals surface area contributed by atoms with Crippen LogP contribution in [0.4, 0.5) is 4.39 Å². The lowest BCUT2D eigenvalue weighted by atomic mass is 9.98. The molecule has 1 aliphatic carbocycles. The number of benzene rings is 1. The van der Waals surface area contributed by atoms with Crippen LogP contribution in [0.1, 0.15) is 38.7 Å². The minimum atomic E-state index is -0.171. The van der Waals surface area contributed by atoms with E-state index in [1.165, 1.54) is 18.4 Å². The summed E-state index contributed by atoms with van der Waals surface area (Å²) in [6.45, 7) is 6.00. The first-order valence-corrected chi connectivity index (χ1v) is 7.84. The summed E-state index contributed by atoms with van der Waals surface area (Å²) in [6.07, 6.45) is 4.86. The Balaban J connectivity index is 2.02. The highest BCUT2D eigenvalue weighted by molar-refractivity contribution is 5.18. The van der Waals surface area contributed by atoms with Gasteiger partial charge in [0.1, 0.15) is 5.82 Å². The van der Waals surface area contributed by atoms with Crippen molar-refractivity contribution in [1.29, 1.82) is 0 Å². The summed E-state index contributed by atoms with van der Waals surface area (Å²) in [6, 6.07) is 7.17. The Morgan fingerprint density at radius 2 is 1.95 bits per heavy atom. The van der Waals surface area contributed by atoms with Crippen LogP contribution in [0.3, 0.4) is 0 Å². The zero-order chi connectivity index (χ0) is 14.4. The number of ether oxygens (including phenoxy) is 1. The van der Waals surface area contributed by atoms with Gasteiger partial charge in [0.2, 0.25) is 0 Å². The van der Waals surface area contributed by atoms with Crippen molar-refractivity contribution in [3.05, 3.63) is 35.6 Å². The standard InChI is InChI=1S/C17H26FNO/c1-3-11-19-16(17(20-4-2)14-7-8-14)12-13-5-9-15(18)10-6-13/h5-6,9-10,14,16-17,19H,3-4,7-8,11-12H2,1-2H3. The van der Waals surface area contributed by atoms with Crippen LogP contribution >= 0.6 is 0 Å². The molecule has 0 radical (unpaired) electrons. The fourth-order valence-electron chi connectivity index (χ4n) is 2.71. The highest BCUT2D eigenvalue weighted by Gasteiger charge is 2.36. The van der Waals surface area contributed by atoms with Crippen molar-refractivity contribution in [2.45, 2.75) is 51.7 Å². The summed E-state index contributed by atoms with van der Waals surface area (Å²) in [5.41, 5.74) is 1.17. The molecule has 2 unspecified atom stereocenters. The monoisotopic (exact) mass is 279 g/mol. The Bertz CT molecular complexity index is 388. The summed E-state index contributed by atoms with van der Waals surface area (Å²) in [4.78, 5) is 0. The average Bonchev–Trinajstić information content (AvgIpc) is 3.28. The normalized spacial score (nSPS) is 17.9. The molecule has 0 bridgehead atoms. The molecule has 0 aromatic heterocycles. The molecule has 1 fully saturated rings. The molecule has 1 aromatic carbocycles. The lowest BCUT2D eigenvalue weighted by Gasteiger charge is -2.28. The minimum absolute atomic E-state index is 0.171. The predicted octanol–water partition coefficient (Wildman–Crippen LogP) is 3.55. The zero-order valence-electron chi connectivity index (χ0n) is 12.6. The fourth-order valence-corrected chi connectivity index (χ4v) is 2.71. The van der Waals surface area contributed by atoms with Gasteiger partial charge in [-0.15, -0.1) is 0 Å². The Morgan fingerprint density at radius 1 is 1.25 bits per heavy atom. The van der Waals surface area contributed by atoms with Gasteiger partial charge in [-0.1, -0.05) is 19.1 Å². The Hall–Kier alpha value is -0.930. The van der Waals surface area contributed by atoms with Gasteiger partial charge in [-0.25, -0.2) is 4.39 Å². The molecule has 0 amide bonds. The van der Waals surface area contributed by atoms with Gasteiger partial charge < -0.3 is 10.1 Å². The van der Waals surface area contributed by atoms with Crippen LogP contribution in [0.15, 0.2) is 24.3 Å². The van der Waals surface area contributed by atoms with Gasteiger partial charge in [0.05, 0.1) is 6.10 Å². The van der Waals surface area contributed by atoms with E-state index >= 15 is 0 Å². The van der Waals surface area contributed by atoms with Crippen molar-refractivity contribution in [2.75, 3.05) is 13.2 Å². The topological polar surface area (TPSA) is 21.3 Å². The van der Waals surface area contributed by atoms with Gasteiger partial charge in [-0.2, -0.15) is 0 Å². The fraction of sp³-hybridized carbons (Fsp3) is 0.647. The Morgan fingerprint density at radius 3 is 2.50 bits per heavy atom.